The van der Waals surface area contributed by atoms with Gasteiger partial charge >= 0.3 is 5.97 Å². The number of sulfonamides is 1. The van der Waals surface area contributed by atoms with Crippen LogP contribution in [0.5, 0.6) is 11.5 Å². The summed E-state index contributed by atoms with van der Waals surface area (Å²) in [6.45, 7) is 6.98. The van der Waals surface area contributed by atoms with Crippen LogP contribution in [0.15, 0.2) is 84.9 Å². The number of carboxylic acids is 1. The molecule has 4 N–H and O–H groups in total. The molecule has 45 heavy (non-hydrogen) atoms. The van der Waals surface area contributed by atoms with Crippen LogP contribution in [0.3, 0.4) is 0 Å². The molecule has 10 heteroatoms. The molecule has 0 saturated carbocycles. The molecule has 4 rings (SSSR count). The number of aliphatic carboxylic acids is 1. The third kappa shape index (κ3) is 9.81. The van der Waals surface area contributed by atoms with Crippen LogP contribution >= 0.6 is 0 Å². The number of carbonyl (C=O) groups is 1. The van der Waals surface area contributed by atoms with Crippen LogP contribution in [0.2, 0.25) is 0 Å². The van der Waals surface area contributed by atoms with Crippen molar-refractivity contribution in [3.8, 4) is 22.6 Å². The first-order valence-electron chi connectivity index (χ1n) is 14.6. The van der Waals surface area contributed by atoms with Crippen LogP contribution in [0.4, 0.5) is 5.69 Å². The Kier molecular flexibility index (Phi) is 11.2. The normalized spacial score (nSPS) is 12.7. The molecule has 0 bridgehead atoms. The molecule has 9 nitrogen and oxygen atoms in total. The van der Waals surface area contributed by atoms with Crippen molar-refractivity contribution >= 4 is 21.7 Å². The number of aryl methyl sites for hydroxylation is 2. The molecule has 238 valence electrons. The third-order valence-electron chi connectivity index (χ3n) is 7.29. The van der Waals surface area contributed by atoms with E-state index in [9.17, 15) is 18.3 Å². The monoisotopic (exact) mass is 632 g/mol. The molecule has 4 aromatic rings. The van der Waals surface area contributed by atoms with Crippen molar-refractivity contribution in [1.82, 2.24) is 5.32 Å². The van der Waals surface area contributed by atoms with Crippen molar-refractivity contribution in [3.63, 3.8) is 0 Å². The Morgan fingerprint density at radius 1 is 0.889 bits per heavy atom. The van der Waals surface area contributed by atoms with E-state index in [1.807, 2.05) is 87.5 Å². The molecule has 0 aromatic heterocycles. The van der Waals surface area contributed by atoms with Gasteiger partial charge in [0, 0.05) is 12.6 Å². The zero-order valence-corrected chi connectivity index (χ0v) is 26.7. The number of benzene rings is 4. The van der Waals surface area contributed by atoms with Crippen LogP contribution in [0, 0.1) is 13.8 Å². The summed E-state index contributed by atoms with van der Waals surface area (Å²) in [5, 5.41) is 23.3. The Bertz CT molecular complexity index is 1690. The van der Waals surface area contributed by atoms with Gasteiger partial charge in [0.05, 0.1) is 24.5 Å². The zero-order chi connectivity index (χ0) is 32.6. The molecular weight excluding hydrogens is 592 g/mol. The van der Waals surface area contributed by atoms with Gasteiger partial charge in [-0.15, -0.1) is 0 Å². The molecule has 0 aliphatic heterocycles. The van der Waals surface area contributed by atoms with Gasteiger partial charge in [-0.3, -0.25) is 9.52 Å². The molecule has 0 radical (unpaired) electrons. The second kappa shape index (κ2) is 15.1. The molecule has 0 aliphatic rings. The van der Waals surface area contributed by atoms with E-state index in [0.29, 0.717) is 24.5 Å². The smallest absolute Gasteiger partial charge is 0.307 e. The van der Waals surface area contributed by atoms with Crippen LogP contribution in [-0.4, -0.2) is 50.0 Å². The summed E-state index contributed by atoms with van der Waals surface area (Å²) in [7, 11) is -3.58. The van der Waals surface area contributed by atoms with Gasteiger partial charge in [0.15, 0.2) is 0 Å². The maximum atomic E-state index is 12.0. The number of carboxylic acid groups (broad SMARTS) is 1. The Hall–Kier alpha value is -4.38. The number of hydrogen-bond donors (Lipinski definition) is 4. The lowest BCUT2D eigenvalue weighted by atomic mass is 9.94. The predicted octanol–water partition coefficient (Wildman–Crippen LogP) is 5.64. The first-order valence-corrected chi connectivity index (χ1v) is 16.5. The lowest BCUT2D eigenvalue weighted by molar-refractivity contribution is -0.136. The van der Waals surface area contributed by atoms with Gasteiger partial charge in [-0.2, -0.15) is 0 Å². The number of ether oxygens (including phenoxy) is 2. The van der Waals surface area contributed by atoms with Crippen LogP contribution < -0.4 is 19.5 Å². The van der Waals surface area contributed by atoms with Gasteiger partial charge in [-0.05, 0) is 84.0 Å². The van der Waals surface area contributed by atoms with E-state index >= 15 is 0 Å². The molecule has 0 fully saturated rings. The number of rotatable bonds is 15. The fourth-order valence-electron chi connectivity index (χ4n) is 5.15. The second-order valence-corrected chi connectivity index (χ2v) is 12.9. The van der Waals surface area contributed by atoms with Crippen LogP contribution in [-0.2, 0) is 27.8 Å². The lowest BCUT2D eigenvalue weighted by Gasteiger charge is -2.22. The lowest BCUT2D eigenvalue weighted by Crippen LogP contribution is -2.35. The summed E-state index contributed by atoms with van der Waals surface area (Å²) in [5.74, 6) is 0.236. The largest absolute Gasteiger partial charge is 0.492 e. The molecule has 0 saturated heterocycles. The number of aliphatic hydroxyl groups is 1. The molecule has 2 atom stereocenters. The van der Waals surface area contributed by atoms with Crippen molar-refractivity contribution in [3.05, 3.63) is 113 Å². The van der Waals surface area contributed by atoms with Crippen LogP contribution in [0.25, 0.3) is 11.1 Å². The average Bonchev–Trinajstić information content (AvgIpc) is 2.98. The van der Waals surface area contributed by atoms with Gasteiger partial charge < -0.3 is 25.0 Å². The summed E-state index contributed by atoms with van der Waals surface area (Å²) >= 11 is 0. The summed E-state index contributed by atoms with van der Waals surface area (Å²) in [6.07, 6.45) is 0.143. The Balaban J connectivity index is 1.34. The zero-order valence-electron chi connectivity index (χ0n) is 25.9. The molecular formula is C35H40N2O7S. The van der Waals surface area contributed by atoms with Crippen LogP contribution in [0.1, 0.15) is 40.8 Å². The number of nitrogens with one attached hydrogen (secondary N) is 2. The van der Waals surface area contributed by atoms with Crippen molar-refractivity contribution in [2.45, 2.75) is 45.9 Å². The van der Waals surface area contributed by atoms with Crippen molar-refractivity contribution in [1.29, 1.82) is 0 Å². The highest BCUT2D eigenvalue weighted by Gasteiger charge is 2.19. The fraction of sp³-hybridized carbons (Fsp3) is 0.286. The highest BCUT2D eigenvalue weighted by Crippen LogP contribution is 2.32. The standard InChI is InChI=1S/C35H40N2O7S/c1-23-18-30(19-24(2)34(23)28-12-10-26(11-13-28)20-33(38)39)43-17-16-36-25(3)35(40)29-14-15-32(31(21-29)37-45(4,41)42)44-22-27-8-6-5-7-9-27/h5-15,18-19,21,25,35-37,40H,16-17,20,22H2,1-4H3,(H,38,39)/t25-,35-/m0/s1. The number of hydrogen-bond acceptors (Lipinski definition) is 7. The Labute approximate surface area is 264 Å². The van der Waals surface area contributed by atoms with Gasteiger partial charge in [0.2, 0.25) is 10.0 Å². The van der Waals surface area contributed by atoms with E-state index in [0.717, 1.165) is 45.4 Å². The third-order valence-corrected chi connectivity index (χ3v) is 7.88. The second-order valence-electron chi connectivity index (χ2n) is 11.1. The van der Waals surface area contributed by atoms with E-state index in [2.05, 4.69) is 10.0 Å². The average molecular weight is 633 g/mol. The van der Waals surface area contributed by atoms with Gasteiger partial charge in [0.25, 0.3) is 0 Å². The van der Waals surface area contributed by atoms with E-state index in [4.69, 9.17) is 14.6 Å². The molecule has 0 heterocycles. The summed E-state index contributed by atoms with van der Waals surface area (Å²) in [5.41, 5.74) is 6.67. The molecule has 0 amide bonds. The Morgan fingerprint density at radius 3 is 2.18 bits per heavy atom. The summed E-state index contributed by atoms with van der Waals surface area (Å²) in [6, 6.07) is 25.7. The van der Waals surface area contributed by atoms with Crippen molar-refractivity contribution in [2.24, 2.45) is 0 Å². The fourth-order valence-corrected chi connectivity index (χ4v) is 5.71. The first kappa shape index (κ1) is 33.5. The van der Waals surface area contributed by atoms with Gasteiger partial charge in [-0.25, -0.2) is 8.42 Å². The maximum absolute atomic E-state index is 12.0. The van der Waals surface area contributed by atoms with Crippen molar-refractivity contribution < 1.29 is 32.9 Å². The molecule has 4 aromatic carbocycles. The summed E-state index contributed by atoms with van der Waals surface area (Å²) in [4.78, 5) is 11.0. The number of aliphatic hydroxyl groups excluding tert-OH is 1. The van der Waals surface area contributed by atoms with Gasteiger partial charge in [0.1, 0.15) is 24.7 Å². The molecule has 0 spiro atoms. The molecule has 0 unspecified atom stereocenters. The topological polar surface area (TPSA) is 134 Å². The minimum Gasteiger partial charge on any atom is -0.492 e. The first-order chi connectivity index (χ1) is 21.4. The highest BCUT2D eigenvalue weighted by atomic mass is 32.2. The van der Waals surface area contributed by atoms with E-state index < -0.39 is 22.1 Å². The van der Waals surface area contributed by atoms with Crippen molar-refractivity contribution in [2.75, 3.05) is 24.1 Å². The summed E-state index contributed by atoms with van der Waals surface area (Å²) < 4.78 is 38.5. The van der Waals surface area contributed by atoms with E-state index in [-0.39, 0.29) is 24.8 Å². The predicted molar refractivity (Wildman–Crippen MR) is 176 cm³/mol. The minimum absolute atomic E-state index is 0.00738. The van der Waals surface area contributed by atoms with E-state index in [1.165, 1.54) is 0 Å². The van der Waals surface area contributed by atoms with E-state index in [1.54, 1.807) is 18.2 Å². The highest BCUT2D eigenvalue weighted by molar-refractivity contribution is 7.92. The Morgan fingerprint density at radius 2 is 1.56 bits per heavy atom. The van der Waals surface area contributed by atoms with Gasteiger partial charge in [-0.1, -0.05) is 60.7 Å². The number of anilines is 1. The maximum Gasteiger partial charge on any atom is 0.307 e. The molecule has 0 aliphatic carbocycles. The quantitative estimate of drug-likeness (QED) is 0.124. The minimum atomic E-state index is -3.58. The SMILES string of the molecule is Cc1cc(OCCN[C@@H](C)[C@H](O)c2ccc(OCc3ccccc3)c(NS(C)(=O)=O)c2)cc(C)c1-c1ccc(CC(=O)O)cc1.